The predicted octanol–water partition coefficient (Wildman–Crippen LogP) is 1.52. The smallest absolute Gasteiger partial charge is 0.167 e. The first-order valence-corrected chi connectivity index (χ1v) is 5.40. The monoisotopic (exact) mass is 204 g/mol. The van der Waals surface area contributed by atoms with Crippen LogP contribution in [0.1, 0.15) is 23.6 Å². The second kappa shape index (κ2) is 2.95. The summed E-state index contributed by atoms with van der Waals surface area (Å²) in [4.78, 5) is 0. The molecule has 1 aliphatic carbocycles. The van der Waals surface area contributed by atoms with E-state index in [2.05, 4.69) is 34.9 Å². The summed E-state index contributed by atoms with van der Waals surface area (Å²) in [7, 11) is 0. The number of benzene rings is 1. The van der Waals surface area contributed by atoms with Crippen molar-refractivity contribution in [1.29, 1.82) is 0 Å². The first-order valence-electron chi connectivity index (χ1n) is 4.99. The molecule has 72 valence electrons. The zero-order valence-corrected chi connectivity index (χ0v) is 8.60. The number of hydrogen-bond donors (Lipinski definition) is 2. The molecule has 1 heterocycles. The van der Waals surface area contributed by atoms with Crippen molar-refractivity contribution in [2.24, 2.45) is 0 Å². The zero-order chi connectivity index (χ0) is 9.54. The van der Waals surface area contributed by atoms with Crippen molar-refractivity contribution >= 4 is 17.3 Å². The van der Waals surface area contributed by atoms with Crippen molar-refractivity contribution in [2.75, 3.05) is 0 Å². The molecule has 0 spiro atoms. The standard InChI is InChI=1S/C11H12N2S/c14-11-12-9-6-5-7-3-1-2-4-8(7)10(9)13-11/h1-4,9-10H,5-6H2,(H2,12,13,14)/t9-,10-/m1/s1. The molecule has 3 heteroatoms. The Labute approximate surface area is 88.7 Å². The van der Waals surface area contributed by atoms with Gasteiger partial charge in [-0.05, 0) is 36.2 Å². The van der Waals surface area contributed by atoms with Gasteiger partial charge in [0.15, 0.2) is 5.11 Å². The quantitative estimate of drug-likeness (QED) is 0.627. The van der Waals surface area contributed by atoms with Gasteiger partial charge in [-0.2, -0.15) is 0 Å². The molecule has 2 N–H and O–H groups in total. The molecule has 1 aromatic rings. The SMILES string of the molecule is S=C1N[C@@H]2c3ccccc3CC[C@H]2N1. The lowest BCUT2D eigenvalue weighted by molar-refractivity contribution is 0.466. The van der Waals surface area contributed by atoms with Crippen molar-refractivity contribution in [3.05, 3.63) is 35.4 Å². The molecule has 2 aliphatic rings. The fraction of sp³-hybridized carbons (Fsp3) is 0.364. The highest BCUT2D eigenvalue weighted by Crippen LogP contribution is 2.32. The first-order chi connectivity index (χ1) is 6.84. The van der Waals surface area contributed by atoms with E-state index in [0.29, 0.717) is 12.1 Å². The molecule has 0 unspecified atom stereocenters. The van der Waals surface area contributed by atoms with E-state index in [4.69, 9.17) is 12.2 Å². The summed E-state index contributed by atoms with van der Waals surface area (Å²) in [6.45, 7) is 0. The van der Waals surface area contributed by atoms with Crippen LogP contribution >= 0.6 is 12.2 Å². The van der Waals surface area contributed by atoms with E-state index in [-0.39, 0.29) is 0 Å². The molecular formula is C11H12N2S. The zero-order valence-electron chi connectivity index (χ0n) is 7.79. The highest BCUT2D eigenvalue weighted by atomic mass is 32.1. The third-order valence-corrected chi connectivity index (χ3v) is 3.36. The summed E-state index contributed by atoms with van der Waals surface area (Å²) >= 11 is 5.14. The molecule has 0 amide bonds. The summed E-state index contributed by atoms with van der Waals surface area (Å²) in [5.41, 5.74) is 2.88. The highest BCUT2D eigenvalue weighted by Gasteiger charge is 2.34. The van der Waals surface area contributed by atoms with Crippen LogP contribution in [0.15, 0.2) is 24.3 Å². The van der Waals surface area contributed by atoms with Gasteiger partial charge in [-0.3, -0.25) is 0 Å². The summed E-state index contributed by atoms with van der Waals surface area (Å²) < 4.78 is 0. The van der Waals surface area contributed by atoms with Crippen LogP contribution in [0.25, 0.3) is 0 Å². The Morgan fingerprint density at radius 3 is 3.00 bits per heavy atom. The molecule has 3 rings (SSSR count). The van der Waals surface area contributed by atoms with Gasteiger partial charge in [-0.15, -0.1) is 0 Å². The van der Waals surface area contributed by atoms with Gasteiger partial charge >= 0.3 is 0 Å². The van der Waals surface area contributed by atoms with Crippen molar-refractivity contribution in [1.82, 2.24) is 10.6 Å². The Kier molecular flexibility index (Phi) is 1.74. The summed E-state index contributed by atoms with van der Waals surface area (Å²) in [6, 6.07) is 9.53. The molecule has 1 aliphatic heterocycles. The number of hydrogen-bond acceptors (Lipinski definition) is 1. The van der Waals surface area contributed by atoms with Gasteiger partial charge < -0.3 is 10.6 Å². The van der Waals surface area contributed by atoms with E-state index < -0.39 is 0 Å². The third-order valence-electron chi connectivity index (χ3n) is 3.12. The van der Waals surface area contributed by atoms with Crippen LogP contribution in [-0.2, 0) is 6.42 Å². The second-order valence-corrected chi connectivity index (χ2v) is 4.35. The van der Waals surface area contributed by atoms with Crippen molar-refractivity contribution in [3.63, 3.8) is 0 Å². The largest absolute Gasteiger partial charge is 0.358 e. The van der Waals surface area contributed by atoms with Crippen molar-refractivity contribution in [2.45, 2.75) is 24.9 Å². The van der Waals surface area contributed by atoms with Crippen LogP contribution in [-0.4, -0.2) is 11.2 Å². The van der Waals surface area contributed by atoms with Gasteiger partial charge in [0.25, 0.3) is 0 Å². The predicted molar refractivity (Wildman–Crippen MR) is 60.2 cm³/mol. The minimum atomic E-state index is 0.396. The summed E-state index contributed by atoms with van der Waals surface area (Å²) in [6.07, 6.45) is 2.34. The van der Waals surface area contributed by atoms with Gasteiger partial charge in [0.05, 0.1) is 12.1 Å². The fourth-order valence-electron chi connectivity index (χ4n) is 2.44. The minimum Gasteiger partial charge on any atom is -0.358 e. The molecule has 0 radical (unpaired) electrons. The molecular weight excluding hydrogens is 192 g/mol. The van der Waals surface area contributed by atoms with Crippen LogP contribution in [0.3, 0.4) is 0 Å². The maximum atomic E-state index is 5.14. The fourth-order valence-corrected chi connectivity index (χ4v) is 2.72. The summed E-state index contributed by atoms with van der Waals surface area (Å²) in [5, 5.41) is 7.45. The lowest BCUT2D eigenvalue weighted by Crippen LogP contribution is -2.31. The van der Waals surface area contributed by atoms with E-state index in [1.807, 2.05) is 0 Å². The van der Waals surface area contributed by atoms with Gasteiger partial charge in [-0.1, -0.05) is 24.3 Å². The molecule has 0 bridgehead atoms. The number of fused-ring (bicyclic) bond motifs is 3. The van der Waals surface area contributed by atoms with Crippen molar-refractivity contribution < 1.29 is 0 Å². The van der Waals surface area contributed by atoms with Crippen molar-refractivity contribution in [3.8, 4) is 0 Å². The third kappa shape index (κ3) is 1.12. The Bertz CT molecular complexity index is 389. The van der Waals surface area contributed by atoms with Crippen LogP contribution < -0.4 is 10.6 Å². The Hall–Kier alpha value is -1.09. The second-order valence-electron chi connectivity index (χ2n) is 3.94. The van der Waals surface area contributed by atoms with Gasteiger partial charge in [0.2, 0.25) is 0 Å². The molecule has 0 saturated carbocycles. The Morgan fingerprint density at radius 1 is 1.21 bits per heavy atom. The maximum Gasteiger partial charge on any atom is 0.167 e. The number of thiocarbonyl (C=S) groups is 1. The van der Waals surface area contributed by atoms with Gasteiger partial charge in [0, 0.05) is 0 Å². The Balaban J connectivity index is 2.05. The van der Waals surface area contributed by atoms with Gasteiger partial charge in [-0.25, -0.2) is 0 Å². The van der Waals surface area contributed by atoms with E-state index >= 15 is 0 Å². The lowest BCUT2D eigenvalue weighted by Gasteiger charge is -2.26. The minimum absolute atomic E-state index is 0.396. The van der Waals surface area contributed by atoms with Crippen LogP contribution in [0.5, 0.6) is 0 Å². The molecule has 1 saturated heterocycles. The maximum absolute atomic E-state index is 5.14. The lowest BCUT2D eigenvalue weighted by atomic mass is 9.85. The molecule has 2 atom stereocenters. The molecule has 14 heavy (non-hydrogen) atoms. The van der Waals surface area contributed by atoms with E-state index in [9.17, 15) is 0 Å². The van der Waals surface area contributed by atoms with Crippen LogP contribution in [0.4, 0.5) is 0 Å². The van der Waals surface area contributed by atoms with E-state index in [1.165, 1.54) is 17.5 Å². The van der Waals surface area contributed by atoms with E-state index in [0.717, 1.165) is 11.5 Å². The topological polar surface area (TPSA) is 24.1 Å². The van der Waals surface area contributed by atoms with Crippen LogP contribution in [0, 0.1) is 0 Å². The Morgan fingerprint density at radius 2 is 2.07 bits per heavy atom. The number of aryl methyl sites for hydroxylation is 1. The van der Waals surface area contributed by atoms with E-state index in [1.54, 1.807) is 0 Å². The van der Waals surface area contributed by atoms with Gasteiger partial charge in [0.1, 0.15) is 0 Å². The van der Waals surface area contributed by atoms with Crippen LogP contribution in [0.2, 0.25) is 0 Å². The molecule has 1 fully saturated rings. The highest BCUT2D eigenvalue weighted by molar-refractivity contribution is 7.80. The first kappa shape index (κ1) is 8.24. The molecule has 1 aromatic carbocycles. The molecule has 2 nitrogen and oxygen atoms in total. The number of nitrogens with one attached hydrogen (secondary N) is 2. The average Bonchev–Trinajstić information content (AvgIpc) is 2.59. The number of rotatable bonds is 0. The normalized spacial score (nSPS) is 28.7. The average molecular weight is 204 g/mol. The summed E-state index contributed by atoms with van der Waals surface area (Å²) in [5.74, 6) is 0. The molecule has 0 aromatic heterocycles.